The Balaban J connectivity index is 1.29. The summed E-state index contributed by atoms with van der Waals surface area (Å²) in [6.45, 7) is 5.11. The van der Waals surface area contributed by atoms with E-state index in [-0.39, 0.29) is 29.8 Å². The number of nitrogens with zero attached hydrogens (tertiary/aromatic N) is 4. The molecule has 0 bridgehead atoms. The molecule has 10 nitrogen and oxygen atoms in total. The van der Waals surface area contributed by atoms with Crippen LogP contribution in [-0.2, 0) is 34.5 Å². The van der Waals surface area contributed by atoms with Gasteiger partial charge in [0.15, 0.2) is 0 Å². The number of ether oxygens (including phenoxy) is 4. The molecule has 0 aliphatic heterocycles. The van der Waals surface area contributed by atoms with E-state index in [0.717, 1.165) is 79.6 Å². The summed E-state index contributed by atoms with van der Waals surface area (Å²) < 4.78 is 24.4. The summed E-state index contributed by atoms with van der Waals surface area (Å²) >= 11 is 0. The lowest BCUT2D eigenvalue weighted by Crippen LogP contribution is -2.35. The maximum atomic E-state index is 13.9. The van der Waals surface area contributed by atoms with Crippen molar-refractivity contribution < 1.29 is 28.5 Å². The molecule has 3 aromatic rings. The third-order valence-electron chi connectivity index (χ3n) is 9.24. The van der Waals surface area contributed by atoms with Gasteiger partial charge in [-0.05, 0) is 88.3 Å². The highest BCUT2D eigenvalue weighted by Crippen LogP contribution is 2.33. The van der Waals surface area contributed by atoms with Gasteiger partial charge >= 0.3 is 5.97 Å². The third-order valence-corrected chi connectivity index (χ3v) is 9.24. The Morgan fingerprint density at radius 2 is 1.63 bits per heavy atom. The van der Waals surface area contributed by atoms with Crippen molar-refractivity contribution in [3.63, 3.8) is 0 Å². The maximum absolute atomic E-state index is 13.9. The average Bonchev–Trinajstić information content (AvgIpc) is 3.74. The molecule has 0 N–H and O–H groups in total. The zero-order valence-corrected chi connectivity index (χ0v) is 27.9. The van der Waals surface area contributed by atoms with E-state index in [1.807, 2.05) is 68.3 Å². The number of rotatable bonds is 13. The molecule has 0 unspecified atom stereocenters. The average molecular weight is 633 g/mol. The van der Waals surface area contributed by atoms with Gasteiger partial charge in [0.25, 0.3) is 0 Å². The smallest absolute Gasteiger partial charge is 0.309 e. The minimum Gasteiger partial charge on any atom is -0.497 e. The summed E-state index contributed by atoms with van der Waals surface area (Å²) in [4.78, 5) is 28.2. The van der Waals surface area contributed by atoms with Crippen molar-refractivity contribution in [2.75, 3.05) is 20.8 Å². The SMILES string of the molecule is COc1ccc(CN(Cc2c(-c3ccc(OC[C@H]4CCC[C@H](C(=O)OC(C)C)C4)cc3)nnn2C)C(=O)C2CCCC2)c(OC)c1. The largest absolute Gasteiger partial charge is 0.497 e. The molecule has 1 amide bonds. The molecule has 2 atom stereocenters. The van der Waals surface area contributed by atoms with Crippen molar-refractivity contribution in [1.29, 1.82) is 0 Å². The Kier molecular flexibility index (Phi) is 11.2. The van der Waals surface area contributed by atoms with E-state index in [1.165, 1.54) is 0 Å². The second-order valence-corrected chi connectivity index (χ2v) is 12.9. The highest BCUT2D eigenvalue weighted by Gasteiger charge is 2.31. The number of hydrogen-bond acceptors (Lipinski definition) is 8. The molecule has 46 heavy (non-hydrogen) atoms. The van der Waals surface area contributed by atoms with Crippen LogP contribution in [0.4, 0.5) is 0 Å². The molecule has 10 heteroatoms. The first kappa shape index (κ1) is 33.3. The molecule has 0 spiro atoms. The summed E-state index contributed by atoms with van der Waals surface area (Å²) in [7, 11) is 5.12. The van der Waals surface area contributed by atoms with Crippen molar-refractivity contribution >= 4 is 11.9 Å². The van der Waals surface area contributed by atoms with E-state index in [0.29, 0.717) is 37.1 Å². The Labute approximate surface area is 272 Å². The quantitative estimate of drug-likeness (QED) is 0.201. The minimum atomic E-state index is -0.0923. The number of amides is 1. The van der Waals surface area contributed by atoms with E-state index in [2.05, 4.69) is 10.3 Å². The van der Waals surface area contributed by atoms with Gasteiger partial charge in [-0.2, -0.15) is 0 Å². The van der Waals surface area contributed by atoms with Crippen LogP contribution in [0.2, 0.25) is 0 Å². The number of aromatic nitrogens is 3. The molecule has 0 radical (unpaired) electrons. The molecule has 2 aliphatic rings. The molecule has 2 saturated carbocycles. The van der Waals surface area contributed by atoms with Crippen LogP contribution in [0.25, 0.3) is 11.3 Å². The van der Waals surface area contributed by atoms with Gasteiger partial charge in [-0.15, -0.1) is 5.10 Å². The van der Waals surface area contributed by atoms with Crippen LogP contribution in [0.15, 0.2) is 42.5 Å². The molecular weight excluding hydrogens is 584 g/mol. The van der Waals surface area contributed by atoms with Crippen molar-refractivity contribution in [3.05, 3.63) is 53.7 Å². The van der Waals surface area contributed by atoms with Gasteiger partial charge in [0.1, 0.15) is 22.9 Å². The fourth-order valence-electron chi connectivity index (χ4n) is 6.70. The van der Waals surface area contributed by atoms with Crippen LogP contribution in [-0.4, -0.2) is 58.7 Å². The van der Waals surface area contributed by atoms with Gasteiger partial charge in [0, 0.05) is 36.7 Å². The predicted molar refractivity (Wildman–Crippen MR) is 174 cm³/mol. The topological polar surface area (TPSA) is 105 Å². The van der Waals surface area contributed by atoms with E-state index < -0.39 is 0 Å². The Hall–Kier alpha value is -4.08. The van der Waals surface area contributed by atoms with Crippen molar-refractivity contribution in [2.24, 2.45) is 24.8 Å². The molecule has 2 fully saturated rings. The normalized spacial score (nSPS) is 18.4. The maximum Gasteiger partial charge on any atom is 0.309 e. The number of benzene rings is 2. The predicted octanol–water partition coefficient (Wildman–Crippen LogP) is 6.36. The highest BCUT2D eigenvalue weighted by molar-refractivity contribution is 5.79. The first-order valence-electron chi connectivity index (χ1n) is 16.6. The molecule has 0 saturated heterocycles. The van der Waals surface area contributed by atoms with Gasteiger partial charge in [0.2, 0.25) is 5.91 Å². The zero-order chi connectivity index (χ0) is 32.6. The lowest BCUT2D eigenvalue weighted by atomic mass is 9.82. The van der Waals surface area contributed by atoms with Crippen molar-refractivity contribution in [2.45, 2.75) is 84.4 Å². The molecule has 248 valence electrons. The van der Waals surface area contributed by atoms with Gasteiger partial charge in [-0.1, -0.05) is 24.5 Å². The fraction of sp³-hybridized carbons (Fsp3) is 0.556. The van der Waals surface area contributed by atoms with Crippen LogP contribution in [0.5, 0.6) is 17.2 Å². The van der Waals surface area contributed by atoms with E-state index >= 15 is 0 Å². The minimum absolute atomic E-state index is 0.0191. The monoisotopic (exact) mass is 632 g/mol. The number of aryl methyl sites for hydroxylation is 1. The van der Waals surface area contributed by atoms with Crippen LogP contribution in [0.3, 0.4) is 0 Å². The van der Waals surface area contributed by atoms with Gasteiger partial charge in [0.05, 0.1) is 45.1 Å². The van der Waals surface area contributed by atoms with Crippen LogP contribution < -0.4 is 14.2 Å². The van der Waals surface area contributed by atoms with Gasteiger partial charge in [-0.25, -0.2) is 4.68 Å². The second kappa shape index (κ2) is 15.5. The summed E-state index contributed by atoms with van der Waals surface area (Å²) in [6.07, 6.45) is 7.62. The zero-order valence-electron chi connectivity index (χ0n) is 27.9. The first-order chi connectivity index (χ1) is 22.2. The fourth-order valence-corrected chi connectivity index (χ4v) is 6.70. The van der Waals surface area contributed by atoms with Crippen molar-refractivity contribution in [1.82, 2.24) is 19.9 Å². The van der Waals surface area contributed by atoms with E-state index in [9.17, 15) is 9.59 Å². The van der Waals surface area contributed by atoms with Gasteiger partial charge in [-0.3, -0.25) is 9.59 Å². The Morgan fingerprint density at radius 1 is 0.913 bits per heavy atom. The number of carbonyl (C=O) groups excluding carboxylic acids is 2. The molecular formula is C36H48N4O6. The van der Waals surface area contributed by atoms with E-state index in [4.69, 9.17) is 18.9 Å². The summed E-state index contributed by atoms with van der Waals surface area (Å²) in [6, 6.07) is 13.6. The number of hydrogen-bond donors (Lipinski definition) is 0. The molecule has 2 aromatic carbocycles. The number of methoxy groups -OCH3 is 2. The Morgan fingerprint density at radius 3 is 2.33 bits per heavy atom. The summed E-state index contributed by atoms with van der Waals surface area (Å²) in [5.74, 6) is 2.50. The summed E-state index contributed by atoms with van der Waals surface area (Å²) in [5.41, 5.74) is 3.40. The lowest BCUT2D eigenvalue weighted by Gasteiger charge is -2.28. The Bertz CT molecular complexity index is 1460. The van der Waals surface area contributed by atoms with Crippen molar-refractivity contribution in [3.8, 4) is 28.5 Å². The molecule has 1 aromatic heterocycles. The van der Waals surface area contributed by atoms with Crippen LogP contribution in [0, 0.1) is 17.8 Å². The molecule has 1 heterocycles. The lowest BCUT2D eigenvalue weighted by molar-refractivity contribution is -0.154. The third kappa shape index (κ3) is 8.19. The summed E-state index contributed by atoms with van der Waals surface area (Å²) in [5, 5.41) is 8.85. The number of carbonyl (C=O) groups is 2. The number of esters is 1. The van der Waals surface area contributed by atoms with Crippen LogP contribution >= 0.6 is 0 Å². The standard InChI is InChI=1S/C36H48N4O6/c1-24(2)46-36(42)28-12-8-9-25(19-28)23-45-30-16-13-26(14-17-30)34-32(39(3)38-37-34)22-40(35(41)27-10-6-7-11-27)21-29-15-18-31(43-4)20-33(29)44-5/h13-18,20,24-25,27-28H,6-12,19,21-23H2,1-5H3/t25-,28-/m0/s1. The first-order valence-corrected chi connectivity index (χ1v) is 16.6. The van der Waals surface area contributed by atoms with E-state index in [1.54, 1.807) is 18.9 Å². The second-order valence-electron chi connectivity index (χ2n) is 12.9. The highest BCUT2D eigenvalue weighted by atomic mass is 16.5. The van der Waals surface area contributed by atoms with Crippen LogP contribution in [0.1, 0.15) is 76.5 Å². The molecule has 5 rings (SSSR count). The van der Waals surface area contributed by atoms with Gasteiger partial charge < -0.3 is 23.8 Å². The molecule has 2 aliphatic carbocycles.